The molecule has 0 heterocycles. The first-order chi connectivity index (χ1) is 13.1. The molecule has 5 heteroatoms. The lowest BCUT2D eigenvalue weighted by Gasteiger charge is -2.30. The van der Waals surface area contributed by atoms with E-state index in [2.05, 4.69) is 11.4 Å². The van der Waals surface area contributed by atoms with Gasteiger partial charge in [0, 0.05) is 24.6 Å². The van der Waals surface area contributed by atoms with Gasteiger partial charge in [-0.3, -0.25) is 9.59 Å². The zero-order chi connectivity index (χ0) is 19.2. The summed E-state index contributed by atoms with van der Waals surface area (Å²) in [7, 11) is 1.80. The van der Waals surface area contributed by atoms with E-state index in [1.54, 1.807) is 36.2 Å². The molecule has 0 bridgehead atoms. The van der Waals surface area contributed by atoms with Crippen molar-refractivity contribution >= 4 is 23.2 Å². The lowest BCUT2D eigenvalue weighted by atomic mass is 9.81. The van der Waals surface area contributed by atoms with Gasteiger partial charge in [-0.1, -0.05) is 30.3 Å². The first-order valence-corrected chi connectivity index (χ1v) is 9.22. The molecule has 27 heavy (non-hydrogen) atoms. The highest BCUT2D eigenvalue weighted by atomic mass is 16.2. The second kappa shape index (κ2) is 8.50. The predicted molar refractivity (Wildman–Crippen MR) is 105 cm³/mol. The van der Waals surface area contributed by atoms with Gasteiger partial charge >= 0.3 is 0 Å². The summed E-state index contributed by atoms with van der Waals surface area (Å²) in [6.07, 6.45) is 2.77. The Balaban J connectivity index is 1.56. The van der Waals surface area contributed by atoms with Gasteiger partial charge in [0.05, 0.1) is 11.3 Å². The van der Waals surface area contributed by atoms with Crippen molar-refractivity contribution in [1.82, 2.24) is 0 Å². The lowest BCUT2D eigenvalue weighted by molar-refractivity contribution is -0.126. The number of carbonyl (C=O) groups is 2. The summed E-state index contributed by atoms with van der Waals surface area (Å²) in [5.41, 5.74) is 1.89. The molecule has 1 aliphatic carbocycles. The van der Waals surface area contributed by atoms with E-state index in [1.807, 2.05) is 30.3 Å². The molecule has 1 fully saturated rings. The van der Waals surface area contributed by atoms with Crippen molar-refractivity contribution in [3.63, 3.8) is 0 Å². The smallest absolute Gasteiger partial charge is 0.229 e. The van der Waals surface area contributed by atoms with E-state index in [0.717, 1.165) is 5.69 Å². The third-order valence-electron chi connectivity index (χ3n) is 5.23. The maximum atomic E-state index is 12.7. The molecule has 1 aliphatic rings. The summed E-state index contributed by atoms with van der Waals surface area (Å²) in [5.74, 6) is -0.136. The van der Waals surface area contributed by atoms with Gasteiger partial charge in [0.25, 0.3) is 0 Å². The quantitative estimate of drug-likeness (QED) is 0.895. The number of rotatable bonds is 4. The summed E-state index contributed by atoms with van der Waals surface area (Å²) in [5, 5.41) is 12.0. The minimum absolute atomic E-state index is 0.0503. The maximum Gasteiger partial charge on any atom is 0.229 e. The molecule has 0 spiro atoms. The van der Waals surface area contributed by atoms with Crippen LogP contribution in [0.4, 0.5) is 11.4 Å². The van der Waals surface area contributed by atoms with E-state index < -0.39 is 0 Å². The first kappa shape index (κ1) is 18.7. The Morgan fingerprint density at radius 1 is 0.963 bits per heavy atom. The Bertz CT molecular complexity index is 849. The Hall–Kier alpha value is -3.13. The van der Waals surface area contributed by atoms with Gasteiger partial charge in [-0.05, 0) is 49.9 Å². The van der Waals surface area contributed by atoms with Crippen molar-refractivity contribution < 1.29 is 9.59 Å². The van der Waals surface area contributed by atoms with E-state index in [-0.39, 0.29) is 23.7 Å². The summed E-state index contributed by atoms with van der Waals surface area (Å²) in [6.45, 7) is 0. The highest BCUT2D eigenvalue weighted by Crippen LogP contribution is 2.32. The average molecular weight is 361 g/mol. The van der Waals surface area contributed by atoms with Gasteiger partial charge < -0.3 is 10.2 Å². The van der Waals surface area contributed by atoms with Crippen molar-refractivity contribution in [3.05, 3.63) is 60.2 Å². The molecular weight excluding hydrogens is 338 g/mol. The van der Waals surface area contributed by atoms with Crippen LogP contribution in [0.25, 0.3) is 0 Å². The molecule has 0 radical (unpaired) electrons. The fourth-order valence-electron chi connectivity index (χ4n) is 3.58. The third kappa shape index (κ3) is 4.35. The molecule has 138 valence electrons. The number of anilines is 2. The highest BCUT2D eigenvalue weighted by Gasteiger charge is 2.31. The molecule has 0 saturated heterocycles. The minimum Gasteiger partial charge on any atom is -0.325 e. The molecule has 0 aromatic heterocycles. The summed E-state index contributed by atoms with van der Waals surface area (Å²) < 4.78 is 0. The number of hydrogen-bond acceptors (Lipinski definition) is 3. The zero-order valence-corrected chi connectivity index (χ0v) is 15.4. The highest BCUT2D eigenvalue weighted by molar-refractivity contribution is 5.96. The Kier molecular flexibility index (Phi) is 5.87. The standard InChI is InChI=1S/C22H23N3O2/c1-25(19-8-3-2-4-9-19)22(27)17-13-11-16(12-14-17)21(26)24-20-10-6-5-7-18(20)15-23/h2-10,16-17H,11-14H2,1H3,(H,24,26). The predicted octanol–water partition coefficient (Wildman–Crippen LogP) is 3.97. The number of nitrogens with one attached hydrogen (secondary N) is 1. The van der Waals surface area contributed by atoms with Gasteiger partial charge in [0.2, 0.25) is 11.8 Å². The van der Waals surface area contributed by atoms with Crippen molar-refractivity contribution in [1.29, 1.82) is 5.26 Å². The molecular formula is C22H23N3O2. The number of nitriles is 1. The van der Waals surface area contributed by atoms with E-state index >= 15 is 0 Å². The molecule has 2 aromatic rings. The molecule has 3 rings (SSSR count). The van der Waals surface area contributed by atoms with Gasteiger partial charge in [-0.25, -0.2) is 0 Å². The summed E-state index contributed by atoms with van der Waals surface area (Å²) in [4.78, 5) is 27.0. The van der Waals surface area contributed by atoms with Crippen LogP contribution in [-0.4, -0.2) is 18.9 Å². The third-order valence-corrected chi connectivity index (χ3v) is 5.23. The molecule has 2 amide bonds. The van der Waals surface area contributed by atoms with Crippen LogP contribution in [0.2, 0.25) is 0 Å². The summed E-state index contributed by atoms with van der Waals surface area (Å²) >= 11 is 0. The van der Waals surface area contributed by atoms with Crippen molar-refractivity contribution in [2.75, 3.05) is 17.3 Å². The van der Waals surface area contributed by atoms with Gasteiger partial charge in [0.1, 0.15) is 6.07 Å². The monoisotopic (exact) mass is 361 g/mol. The number of benzene rings is 2. The number of hydrogen-bond donors (Lipinski definition) is 1. The van der Waals surface area contributed by atoms with Gasteiger partial charge in [-0.2, -0.15) is 5.26 Å². The number of carbonyl (C=O) groups excluding carboxylic acids is 2. The fraction of sp³-hybridized carbons (Fsp3) is 0.318. The Labute approximate surface area is 159 Å². The Morgan fingerprint density at radius 2 is 1.56 bits per heavy atom. The molecule has 0 atom stereocenters. The Morgan fingerprint density at radius 3 is 2.22 bits per heavy atom. The molecule has 0 unspecified atom stereocenters. The van der Waals surface area contributed by atoms with Crippen LogP contribution in [-0.2, 0) is 9.59 Å². The molecule has 2 aromatic carbocycles. The van der Waals surface area contributed by atoms with Gasteiger partial charge in [-0.15, -0.1) is 0 Å². The van der Waals surface area contributed by atoms with Crippen molar-refractivity contribution in [3.8, 4) is 6.07 Å². The molecule has 1 N–H and O–H groups in total. The molecule has 0 aliphatic heterocycles. The van der Waals surface area contributed by atoms with Gasteiger partial charge in [0.15, 0.2) is 0 Å². The van der Waals surface area contributed by atoms with E-state index in [9.17, 15) is 9.59 Å². The number of para-hydroxylation sites is 2. The van der Waals surface area contributed by atoms with Crippen molar-refractivity contribution in [2.24, 2.45) is 11.8 Å². The second-order valence-corrected chi connectivity index (χ2v) is 6.93. The number of amides is 2. The molecule has 1 saturated carbocycles. The van der Waals surface area contributed by atoms with E-state index in [0.29, 0.717) is 36.9 Å². The minimum atomic E-state index is -0.122. The van der Waals surface area contributed by atoms with E-state index in [4.69, 9.17) is 5.26 Å². The van der Waals surface area contributed by atoms with Crippen LogP contribution < -0.4 is 10.2 Å². The normalized spacial score (nSPS) is 19.0. The average Bonchev–Trinajstić information content (AvgIpc) is 2.73. The van der Waals surface area contributed by atoms with E-state index in [1.165, 1.54) is 0 Å². The second-order valence-electron chi connectivity index (χ2n) is 6.93. The largest absolute Gasteiger partial charge is 0.325 e. The van der Waals surface area contributed by atoms with Crippen LogP contribution in [0.3, 0.4) is 0 Å². The number of nitrogens with zero attached hydrogens (tertiary/aromatic N) is 2. The lowest BCUT2D eigenvalue weighted by Crippen LogP contribution is -2.36. The zero-order valence-electron chi connectivity index (χ0n) is 15.4. The van der Waals surface area contributed by atoms with Crippen molar-refractivity contribution in [2.45, 2.75) is 25.7 Å². The van der Waals surface area contributed by atoms with Crippen LogP contribution in [0.5, 0.6) is 0 Å². The van der Waals surface area contributed by atoms with Crippen LogP contribution in [0, 0.1) is 23.2 Å². The maximum absolute atomic E-state index is 12.7. The van der Waals surface area contributed by atoms with Crippen LogP contribution >= 0.6 is 0 Å². The fourth-order valence-corrected chi connectivity index (χ4v) is 3.58. The SMILES string of the molecule is CN(C(=O)C1CCC(C(=O)Nc2ccccc2C#N)CC1)c1ccccc1. The summed E-state index contributed by atoms with van der Waals surface area (Å²) in [6, 6.07) is 18.7. The first-order valence-electron chi connectivity index (χ1n) is 9.22. The van der Waals surface area contributed by atoms with Crippen LogP contribution in [0.1, 0.15) is 31.2 Å². The topological polar surface area (TPSA) is 73.2 Å². The van der Waals surface area contributed by atoms with Crippen LogP contribution in [0.15, 0.2) is 54.6 Å². The molecule has 5 nitrogen and oxygen atoms in total.